The molecule has 0 bridgehead atoms. The second-order valence-electron chi connectivity index (χ2n) is 7.53. The SMILES string of the molecule is Cc1cc(C)c2c(-c3ccccc3)c(C(=O)NCc3ccc(S(C)(=O)=O)cc3)sc2n1. The van der Waals surface area contributed by atoms with Crippen LogP contribution in [0.1, 0.15) is 26.5 Å². The number of benzene rings is 2. The van der Waals surface area contributed by atoms with Gasteiger partial charge in [0.2, 0.25) is 0 Å². The van der Waals surface area contributed by atoms with Gasteiger partial charge in [0, 0.05) is 29.4 Å². The van der Waals surface area contributed by atoms with Crippen LogP contribution >= 0.6 is 11.3 Å². The molecule has 158 valence electrons. The number of thiophene rings is 1. The topological polar surface area (TPSA) is 76.1 Å². The molecule has 0 fully saturated rings. The van der Waals surface area contributed by atoms with E-state index in [1.165, 1.54) is 17.6 Å². The third-order valence-corrected chi connectivity index (χ3v) is 7.27. The van der Waals surface area contributed by atoms with Gasteiger partial charge in [-0.3, -0.25) is 4.79 Å². The molecule has 2 aromatic heterocycles. The normalized spacial score (nSPS) is 11.6. The van der Waals surface area contributed by atoms with E-state index in [-0.39, 0.29) is 10.8 Å². The zero-order valence-corrected chi connectivity index (χ0v) is 19.1. The van der Waals surface area contributed by atoms with Crippen molar-refractivity contribution in [3.8, 4) is 11.1 Å². The van der Waals surface area contributed by atoms with Gasteiger partial charge in [-0.2, -0.15) is 0 Å². The standard InChI is InChI=1S/C24H22N2O3S2/c1-15-13-16(2)26-24-20(15)21(18-7-5-4-6-8-18)22(30-24)23(27)25-14-17-9-11-19(12-10-17)31(3,28)29/h4-13H,14H2,1-3H3,(H,25,27). The van der Waals surface area contributed by atoms with Gasteiger partial charge < -0.3 is 5.32 Å². The fourth-order valence-corrected chi connectivity index (χ4v) is 5.46. The summed E-state index contributed by atoms with van der Waals surface area (Å²) in [6, 6.07) is 18.5. The fraction of sp³-hybridized carbons (Fsp3) is 0.167. The van der Waals surface area contributed by atoms with Crippen molar-refractivity contribution in [2.75, 3.05) is 6.26 Å². The number of nitrogens with one attached hydrogen (secondary N) is 1. The van der Waals surface area contributed by atoms with Crippen LogP contribution < -0.4 is 5.32 Å². The van der Waals surface area contributed by atoms with E-state index in [1.807, 2.05) is 50.2 Å². The van der Waals surface area contributed by atoms with E-state index in [9.17, 15) is 13.2 Å². The van der Waals surface area contributed by atoms with Crippen LogP contribution in [0.2, 0.25) is 0 Å². The van der Waals surface area contributed by atoms with Gasteiger partial charge >= 0.3 is 0 Å². The minimum absolute atomic E-state index is 0.175. The number of fused-ring (bicyclic) bond motifs is 1. The van der Waals surface area contributed by atoms with Crippen molar-refractivity contribution in [2.24, 2.45) is 0 Å². The van der Waals surface area contributed by atoms with Crippen LogP contribution in [0, 0.1) is 13.8 Å². The summed E-state index contributed by atoms with van der Waals surface area (Å²) in [6.07, 6.45) is 1.17. The molecule has 2 aromatic carbocycles. The Balaban J connectivity index is 1.69. The molecule has 0 saturated heterocycles. The van der Waals surface area contributed by atoms with Crippen molar-refractivity contribution in [1.29, 1.82) is 0 Å². The van der Waals surface area contributed by atoms with Gasteiger partial charge in [0.25, 0.3) is 5.91 Å². The van der Waals surface area contributed by atoms with Crippen molar-refractivity contribution in [1.82, 2.24) is 10.3 Å². The average molecular weight is 451 g/mol. The number of carbonyl (C=O) groups excluding carboxylic acids is 1. The van der Waals surface area contributed by atoms with Crippen LogP contribution in [0.15, 0.2) is 65.6 Å². The fourth-order valence-electron chi connectivity index (χ4n) is 3.60. The molecule has 31 heavy (non-hydrogen) atoms. The van der Waals surface area contributed by atoms with Gasteiger partial charge in [0.05, 0.1) is 4.90 Å². The maximum Gasteiger partial charge on any atom is 0.262 e. The third kappa shape index (κ3) is 4.38. The number of aromatic nitrogens is 1. The molecule has 0 aliphatic heterocycles. The highest BCUT2D eigenvalue weighted by Gasteiger charge is 2.22. The zero-order valence-electron chi connectivity index (χ0n) is 17.5. The molecule has 0 atom stereocenters. The first-order chi connectivity index (χ1) is 14.7. The van der Waals surface area contributed by atoms with Gasteiger partial charge in [-0.25, -0.2) is 13.4 Å². The van der Waals surface area contributed by atoms with Crippen LogP contribution in [-0.2, 0) is 16.4 Å². The van der Waals surface area contributed by atoms with E-state index in [4.69, 9.17) is 0 Å². The zero-order chi connectivity index (χ0) is 22.2. The molecule has 1 amide bonds. The molecule has 5 nitrogen and oxygen atoms in total. The average Bonchev–Trinajstić information content (AvgIpc) is 3.12. The first-order valence-corrected chi connectivity index (χ1v) is 12.5. The first-order valence-electron chi connectivity index (χ1n) is 9.77. The van der Waals surface area contributed by atoms with Gasteiger partial charge in [-0.1, -0.05) is 42.5 Å². The summed E-state index contributed by atoms with van der Waals surface area (Å²) < 4.78 is 23.3. The predicted molar refractivity (Wildman–Crippen MR) is 125 cm³/mol. The number of amides is 1. The third-order valence-electron chi connectivity index (χ3n) is 5.06. The molecule has 1 N–H and O–H groups in total. The lowest BCUT2D eigenvalue weighted by molar-refractivity contribution is 0.0955. The predicted octanol–water partition coefficient (Wildman–Crippen LogP) is 4.91. The molecular weight excluding hydrogens is 428 g/mol. The number of aryl methyl sites for hydroxylation is 2. The summed E-state index contributed by atoms with van der Waals surface area (Å²) in [6.45, 7) is 4.30. The summed E-state index contributed by atoms with van der Waals surface area (Å²) in [4.78, 5) is 19.6. The molecule has 0 aliphatic carbocycles. The van der Waals surface area contributed by atoms with E-state index in [0.29, 0.717) is 11.4 Å². The second kappa shape index (κ2) is 8.24. The van der Waals surface area contributed by atoms with Gasteiger partial charge in [0.1, 0.15) is 9.71 Å². The molecule has 0 saturated carbocycles. The largest absolute Gasteiger partial charge is 0.347 e. The molecule has 0 spiro atoms. The molecule has 7 heteroatoms. The van der Waals surface area contributed by atoms with E-state index < -0.39 is 9.84 Å². The Hall–Kier alpha value is -3.03. The molecule has 0 radical (unpaired) electrons. The van der Waals surface area contributed by atoms with Gasteiger partial charge in [0.15, 0.2) is 9.84 Å². The minimum Gasteiger partial charge on any atom is -0.347 e. The van der Waals surface area contributed by atoms with Gasteiger partial charge in [-0.15, -0.1) is 11.3 Å². The van der Waals surface area contributed by atoms with Gasteiger partial charge in [-0.05, 0) is 48.7 Å². The van der Waals surface area contributed by atoms with Crippen LogP contribution in [-0.4, -0.2) is 25.6 Å². The molecule has 0 aliphatic rings. The number of sulfone groups is 1. The van der Waals surface area contributed by atoms with E-state index in [2.05, 4.69) is 10.3 Å². The highest BCUT2D eigenvalue weighted by atomic mass is 32.2. The summed E-state index contributed by atoms with van der Waals surface area (Å²) >= 11 is 1.39. The quantitative estimate of drug-likeness (QED) is 0.469. The Morgan fingerprint density at radius 3 is 2.35 bits per heavy atom. The highest BCUT2D eigenvalue weighted by Crippen LogP contribution is 2.39. The number of nitrogens with zero attached hydrogens (tertiary/aromatic N) is 1. The maximum absolute atomic E-state index is 13.2. The first kappa shape index (κ1) is 21.2. The molecule has 4 aromatic rings. The second-order valence-corrected chi connectivity index (χ2v) is 10.5. The number of carbonyl (C=O) groups is 1. The van der Waals surface area contributed by atoms with Crippen LogP contribution in [0.25, 0.3) is 21.3 Å². The van der Waals surface area contributed by atoms with E-state index >= 15 is 0 Å². The van der Waals surface area contributed by atoms with E-state index in [0.717, 1.165) is 38.2 Å². The van der Waals surface area contributed by atoms with Crippen LogP contribution in [0.3, 0.4) is 0 Å². The lowest BCUT2D eigenvalue weighted by Gasteiger charge is -2.08. The number of hydrogen-bond acceptors (Lipinski definition) is 5. The molecule has 2 heterocycles. The van der Waals surface area contributed by atoms with Crippen LogP contribution in [0.4, 0.5) is 0 Å². The Kier molecular flexibility index (Phi) is 5.64. The maximum atomic E-state index is 13.2. The molecular formula is C24H22N2O3S2. The summed E-state index contributed by atoms with van der Waals surface area (Å²) in [5.41, 5.74) is 4.71. The summed E-state index contributed by atoms with van der Waals surface area (Å²) in [5.74, 6) is -0.175. The Bertz CT molecular complexity index is 1370. The number of rotatable bonds is 5. The Morgan fingerprint density at radius 1 is 1.03 bits per heavy atom. The Morgan fingerprint density at radius 2 is 1.71 bits per heavy atom. The number of hydrogen-bond donors (Lipinski definition) is 1. The smallest absolute Gasteiger partial charge is 0.262 e. The summed E-state index contributed by atoms with van der Waals surface area (Å²) in [7, 11) is -3.25. The van der Waals surface area contributed by atoms with Crippen molar-refractivity contribution >= 4 is 37.3 Å². The van der Waals surface area contributed by atoms with E-state index in [1.54, 1.807) is 24.3 Å². The van der Waals surface area contributed by atoms with Crippen molar-refractivity contribution < 1.29 is 13.2 Å². The van der Waals surface area contributed by atoms with Crippen molar-refractivity contribution in [3.63, 3.8) is 0 Å². The highest BCUT2D eigenvalue weighted by molar-refractivity contribution is 7.90. The lowest BCUT2D eigenvalue weighted by atomic mass is 9.99. The van der Waals surface area contributed by atoms with Crippen molar-refractivity contribution in [2.45, 2.75) is 25.3 Å². The van der Waals surface area contributed by atoms with Crippen molar-refractivity contribution in [3.05, 3.63) is 82.4 Å². The monoisotopic (exact) mass is 450 g/mol. The molecule has 0 unspecified atom stereocenters. The molecule has 4 rings (SSSR count). The Labute approximate surface area is 185 Å². The lowest BCUT2D eigenvalue weighted by Crippen LogP contribution is -2.22. The minimum atomic E-state index is -3.25. The number of pyridine rings is 1. The summed E-state index contributed by atoms with van der Waals surface area (Å²) in [5, 5.41) is 3.98. The van der Waals surface area contributed by atoms with Crippen LogP contribution in [0.5, 0.6) is 0 Å².